The van der Waals surface area contributed by atoms with Crippen LogP contribution in [0.5, 0.6) is 0 Å². The van der Waals surface area contributed by atoms with Crippen LogP contribution in [0.3, 0.4) is 0 Å². The quantitative estimate of drug-likeness (QED) is 0.752. The molecule has 1 aliphatic rings. The Kier molecular flexibility index (Phi) is 6.77. The summed E-state index contributed by atoms with van der Waals surface area (Å²) in [5.74, 6) is -0.486. The number of amides is 3. The monoisotopic (exact) mass is 433 g/mol. The molecule has 8 heteroatoms. The van der Waals surface area contributed by atoms with Crippen molar-refractivity contribution in [2.75, 3.05) is 25.5 Å². The third-order valence-electron chi connectivity index (χ3n) is 4.65. The summed E-state index contributed by atoms with van der Waals surface area (Å²) in [5, 5.41) is 3.42. The summed E-state index contributed by atoms with van der Waals surface area (Å²) in [7, 11) is 1.56. The van der Waals surface area contributed by atoms with Crippen LogP contribution in [0.2, 0.25) is 10.0 Å². The first-order valence-corrected chi connectivity index (χ1v) is 9.96. The van der Waals surface area contributed by atoms with Gasteiger partial charge in [0.15, 0.2) is 0 Å². The van der Waals surface area contributed by atoms with Crippen molar-refractivity contribution >= 4 is 46.6 Å². The largest absolute Gasteiger partial charge is 0.338 e. The third kappa shape index (κ3) is 5.49. The van der Waals surface area contributed by atoms with Gasteiger partial charge in [-0.2, -0.15) is 0 Å². The molecule has 2 aromatic rings. The van der Waals surface area contributed by atoms with Gasteiger partial charge >= 0.3 is 0 Å². The molecule has 6 nitrogen and oxygen atoms in total. The summed E-state index contributed by atoms with van der Waals surface area (Å²) < 4.78 is 0. The molecule has 3 rings (SSSR count). The second-order valence-corrected chi connectivity index (χ2v) is 7.77. The summed E-state index contributed by atoms with van der Waals surface area (Å²) in [6.45, 7) is 1.11. The number of likely N-dealkylation sites (N-methyl/N-ethyl adjacent to an activating group) is 1. The van der Waals surface area contributed by atoms with Gasteiger partial charge in [-0.05, 0) is 42.3 Å². The Balaban J connectivity index is 1.60. The lowest BCUT2D eigenvalue weighted by Gasteiger charge is -2.19. The van der Waals surface area contributed by atoms with E-state index >= 15 is 0 Å². The lowest BCUT2D eigenvalue weighted by Crippen LogP contribution is -2.35. The van der Waals surface area contributed by atoms with Crippen molar-refractivity contribution in [1.82, 2.24) is 9.80 Å². The molecule has 0 aliphatic carbocycles. The normalized spacial score (nSPS) is 13.5. The predicted molar refractivity (Wildman–Crippen MR) is 113 cm³/mol. The Hall–Kier alpha value is -2.57. The number of rotatable bonds is 6. The Morgan fingerprint density at radius 2 is 1.93 bits per heavy atom. The Bertz CT molecular complexity index is 949. The van der Waals surface area contributed by atoms with Gasteiger partial charge < -0.3 is 15.1 Å². The van der Waals surface area contributed by atoms with Crippen LogP contribution < -0.4 is 5.32 Å². The number of benzene rings is 2. The van der Waals surface area contributed by atoms with Crippen LogP contribution in [0.1, 0.15) is 28.8 Å². The Morgan fingerprint density at radius 1 is 1.14 bits per heavy atom. The first-order chi connectivity index (χ1) is 13.8. The lowest BCUT2D eigenvalue weighted by atomic mass is 10.1. The molecule has 29 heavy (non-hydrogen) atoms. The van der Waals surface area contributed by atoms with Gasteiger partial charge in [-0.25, -0.2) is 0 Å². The summed E-state index contributed by atoms with van der Waals surface area (Å²) >= 11 is 11.8. The zero-order valence-corrected chi connectivity index (χ0v) is 17.5. The minimum Gasteiger partial charge on any atom is -0.338 e. The summed E-state index contributed by atoms with van der Waals surface area (Å²) in [4.78, 5) is 39.9. The molecule has 1 saturated heterocycles. The van der Waals surface area contributed by atoms with E-state index in [0.717, 1.165) is 18.5 Å². The smallest absolute Gasteiger partial charge is 0.254 e. The van der Waals surface area contributed by atoms with Crippen LogP contribution in [-0.2, 0) is 16.1 Å². The maximum absolute atomic E-state index is 12.7. The molecule has 152 valence electrons. The van der Waals surface area contributed by atoms with Crippen molar-refractivity contribution in [3.05, 3.63) is 63.6 Å². The second-order valence-electron chi connectivity index (χ2n) is 6.96. The molecule has 0 bridgehead atoms. The average Bonchev–Trinajstić information content (AvgIpc) is 3.08. The highest BCUT2D eigenvalue weighted by Crippen LogP contribution is 2.25. The molecule has 0 atom stereocenters. The third-order valence-corrected chi connectivity index (χ3v) is 5.39. The number of anilines is 1. The molecule has 0 unspecified atom stereocenters. The highest BCUT2D eigenvalue weighted by molar-refractivity contribution is 6.42. The zero-order chi connectivity index (χ0) is 21.0. The van der Waals surface area contributed by atoms with Gasteiger partial charge in [0.05, 0.1) is 16.6 Å². The fourth-order valence-corrected chi connectivity index (χ4v) is 3.47. The van der Waals surface area contributed by atoms with E-state index in [2.05, 4.69) is 5.32 Å². The number of halogens is 2. The first-order valence-electron chi connectivity index (χ1n) is 9.20. The van der Waals surface area contributed by atoms with Crippen LogP contribution in [0.4, 0.5) is 5.69 Å². The van der Waals surface area contributed by atoms with Gasteiger partial charge in [-0.15, -0.1) is 0 Å². The van der Waals surface area contributed by atoms with Crippen molar-refractivity contribution in [2.45, 2.75) is 19.4 Å². The predicted octanol–water partition coefficient (Wildman–Crippen LogP) is 3.83. The molecular formula is C21H21Cl2N3O3. The van der Waals surface area contributed by atoms with Gasteiger partial charge in [0.1, 0.15) is 0 Å². The van der Waals surface area contributed by atoms with Gasteiger partial charge in [0.25, 0.3) is 5.91 Å². The standard InChI is InChI=1S/C21H21Cl2N3O3/c1-25(13-19(27)24-16-7-8-17(22)18(23)11-16)21(29)15-5-2-4-14(10-15)12-26-9-3-6-20(26)28/h2,4-5,7-8,10-11H,3,6,9,12-13H2,1H3,(H,24,27). The summed E-state index contributed by atoms with van der Waals surface area (Å²) in [5.41, 5.74) is 1.86. The molecular weight excluding hydrogens is 413 g/mol. The highest BCUT2D eigenvalue weighted by atomic mass is 35.5. The fraction of sp³-hybridized carbons (Fsp3) is 0.286. The van der Waals surface area contributed by atoms with Crippen molar-refractivity contribution < 1.29 is 14.4 Å². The van der Waals surface area contributed by atoms with E-state index < -0.39 is 0 Å². The van der Waals surface area contributed by atoms with Crippen LogP contribution >= 0.6 is 23.2 Å². The molecule has 0 spiro atoms. The first kappa shape index (κ1) is 21.1. The maximum atomic E-state index is 12.7. The van der Waals surface area contributed by atoms with E-state index in [-0.39, 0.29) is 24.3 Å². The Labute approximate surface area is 179 Å². The maximum Gasteiger partial charge on any atom is 0.254 e. The topological polar surface area (TPSA) is 69.7 Å². The van der Waals surface area contributed by atoms with E-state index in [4.69, 9.17) is 23.2 Å². The summed E-state index contributed by atoms with van der Waals surface area (Å²) in [6.07, 6.45) is 1.45. The number of likely N-dealkylation sites (tertiary alicyclic amines) is 1. The fourth-order valence-electron chi connectivity index (χ4n) is 3.18. The van der Waals surface area contributed by atoms with Gasteiger partial charge in [0, 0.05) is 37.8 Å². The van der Waals surface area contributed by atoms with Gasteiger partial charge in [0.2, 0.25) is 11.8 Å². The number of hydrogen-bond acceptors (Lipinski definition) is 3. The molecule has 0 saturated carbocycles. The molecule has 0 aromatic heterocycles. The van der Waals surface area contributed by atoms with E-state index in [0.29, 0.717) is 34.3 Å². The average molecular weight is 434 g/mol. The molecule has 1 N–H and O–H groups in total. The highest BCUT2D eigenvalue weighted by Gasteiger charge is 2.21. The lowest BCUT2D eigenvalue weighted by molar-refractivity contribution is -0.128. The Morgan fingerprint density at radius 3 is 2.62 bits per heavy atom. The number of nitrogens with zero attached hydrogens (tertiary/aromatic N) is 2. The van der Waals surface area contributed by atoms with Crippen molar-refractivity contribution in [3.8, 4) is 0 Å². The van der Waals surface area contributed by atoms with E-state index in [9.17, 15) is 14.4 Å². The molecule has 1 aliphatic heterocycles. The minimum atomic E-state index is -0.349. The van der Waals surface area contributed by atoms with E-state index in [1.807, 2.05) is 6.07 Å². The van der Waals surface area contributed by atoms with Crippen molar-refractivity contribution in [3.63, 3.8) is 0 Å². The van der Waals surface area contributed by atoms with Gasteiger partial charge in [-0.1, -0.05) is 35.3 Å². The second kappa shape index (κ2) is 9.29. The van der Waals surface area contributed by atoms with Crippen LogP contribution in [0.25, 0.3) is 0 Å². The number of carbonyl (C=O) groups excluding carboxylic acids is 3. The van der Waals surface area contributed by atoms with Crippen molar-refractivity contribution in [1.29, 1.82) is 0 Å². The van der Waals surface area contributed by atoms with Crippen LogP contribution in [0.15, 0.2) is 42.5 Å². The van der Waals surface area contributed by atoms with Crippen LogP contribution in [-0.4, -0.2) is 47.7 Å². The van der Waals surface area contributed by atoms with Crippen molar-refractivity contribution in [2.24, 2.45) is 0 Å². The van der Waals surface area contributed by atoms with Crippen LogP contribution in [0, 0.1) is 0 Å². The molecule has 1 fully saturated rings. The molecule has 2 aromatic carbocycles. The number of carbonyl (C=O) groups is 3. The number of hydrogen-bond donors (Lipinski definition) is 1. The zero-order valence-electron chi connectivity index (χ0n) is 16.0. The minimum absolute atomic E-state index is 0.117. The molecule has 0 radical (unpaired) electrons. The SMILES string of the molecule is CN(CC(=O)Nc1ccc(Cl)c(Cl)c1)C(=O)c1cccc(CN2CCCC2=O)c1. The number of nitrogens with one attached hydrogen (secondary N) is 1. The molecule has 1 heterocycles. The summed E-state index contributed by atoms with van der Waals surface area (Å²) in [6, 6.07) is 11.9. The van der Waals surface area contributed by atoms with Gasteiger partial charge in [-0.3, -0.25) is 14.4 Å². The van der Waals surface area contributed by atoms with E-state index in [1.54, 1.807) is 48.3 Å². The molecule has 3 amide bonds. The van der Waals surface area contributed by atoms with E-state index in [1.165, 1.54) is 4.90 Å².